The van der Waals surface area contributed by atoms with Gasteiger partial charge in [0.2, 0.25) is 6.79 Å². The van der Waals surface area contributed by atoms with E-state index in [0.717, 1.165) is 37.4 Å². The summed E-state index contributed by atoms with van der Waals surface area (Å²) in [6.07, 6.45) is 1.80. The zero-order valence-corrected chi connectivity index (χ0v) is 27.7. The van der Waals surface area contributed by atoms with Crippen LogP contribution in [-0.4, -0.2) is 46.1 Å². The normalized spacial score (nSPS) is 12.6. The smallest absolute Gasteiger partial charge is 0.310 e. The Morgan fingerprint density at radius 3 is 2.04 bits per heavy atom. The molecule has 0 amide bonds. The van der Waals surface area contributed by atoms with Crippen molar-refractivity contribution in [3.63, 3.8) is 0 Å². The lowest BCUT2D eigenvalue weighted by Gasteiger charge is -2.36. The van der Waals surface area contributed by atoms with Crippen LogP contribution in [0.5, 0.6) is 11.5 Å². The molecule has 0 spiro atoms. The summed E-state index contributed by atoms with van der Waals surface area (Å²) in [6, 6.07) is 34.9. The highest BCUT2D eigenvalue weighted by molar-refractivity contribution is 14.1. The van der Waals surface area contributed by atoms with E-state index in [1.165, 1.54) is 6.20 Å². The summed E-state index contributed by atoms with van der Waals surface area (Å²) < 4.78 is 41.1. The van der Waals surface area contributed by atoms with Gasteiger partial charge in [0.1, 0.15) is 16.9 Å². The molecule has 8 nitrogen and oxygen atoms in total. The first kappa shape index (κ1) is 31.2. The van der Waals surface area contributed by atoms with Gasteiger partial charge in [0.15, 0.2) is 17.1 Å². The highest BCUT2D eigenvalue weighted by Gasteiger charge is 2.37. The fourth-order valence-corrected chi connectivity index (χ4v) is 6.62. The molecule has 0 unspecified atom stereocenters. The molecule has 0 radical (unpaired) electrons. The molecule has 0 N–H and O–H groups in total. The quantitative estimate of drug-likeness (QED) is 0.0532. The fourth-order valence-electron chi connectivity index (χ4n) is 5.99. The maximum absolute atomic E-state index is 14.1. The molecule has 3 heterocycles. The van der Waals surface area contributed by atoms with E-state index < -0.39 is 11.7 Å². The Balaban J connectivity index is 1.04. The standard InChI is InChI=1S/C37H32FIN4O4/c38-36-40-24-31-35(42-36)43(34(41-31)22-26-21-32-33(23-30(26)39)46-25-45-32)17-20-44-18-10-19-47-37(27-11-4-1-5-12-27,28-13-6-2-7-14-28)29-15-8-3-9-16-29/h1-9,11-16,21,23-24H,10,17-20,22,25H2. The summed E-state index contributed by atoms with van der Waals surface area (Å²) >= 11 is 2.28. The second kappa shape index (κ2) is 14.2. The van der Waals surface area contributed by atoms with E-state index in [1.54, 1.807) is 0 Å². The third-order valence-corrected chi connectivity index (χ3v) is 9.18. The van der Waals surface area contributed by atoms with Gasteiger partial charge in [-0.25, -0.2) is 9.97 Å². The van der Waals surface area contributed by atoms with E-state index in [0.29, 0.717) is 56.1 Å². The van der Waals surface area contributed by atoms with Gasteiger partial charge in [0.05, 0.1) is 19.4 Å². The van der Waals surface area contributed by atoms with Gasteiger partial charge in [-0.2, -0.15) is 9.37 Å². The van der Waals surface area contributed by atoms with Crippen LogP contribution in [0.4, 0.5) is 4.39 Å². The SMILES string of the molecule is Fc1ncc2nc(Cc3cc4c(cc3I)OCO4)n(CCOCCCOC(c3ccccc3)(c3ccccc3)c3ccccc3)c2n1. The molecule has 0 fully saturated rings. The maximum atomic E-state index is 14.1. The summed E-state index contributed by atoms with van der Waals surface area (Å²) in [4.78, 5) is 12.5. The Hall–Kier alpha value is -4.39. The topological polar surface area (TPSA) is 80.5 Å². The first-order valence-corrected chi connectivity index (χ1v) is 16.5. The van der Waals surface area contributed by atoms with Gasteiger partial charge in [-0.05, 0) is 63.4 Å². The van der Waals surface area contributed by atoms with Gasteiger partial charge in [-0.3, -0.25) is 0 Å². The van der Waals surface area contributed by atoms with Gasteiger partial charge < -0.3 is 23.5 Å². The molecule has 0 atom stereocenters. The number of hydrogen-bond donors (Lipinski definition) is 0. The van der Waals surface area contributed by atoms with Crippen molar-refractivity contribution >= 4 is 33.8 Å². The molecule has 238 valence electrons. The fraction of sp³-hybridized carbons (Fsp3) is 0.216. The molecule has 4 aromatic carbocycles. The van der Waals surface area contributed by atoms with E-state index in [9.17, 15) is 4.39 Å². The Morgan fingerprint density at radius 1 is 0.787 bits per heavy atom. The Morgan fingerprint density at radius 2 is 1.40 bits per heavy atom. The zero-order chi connectivity index (χ0) is 32.1. The van der Waals surface area contributed by atoms with E-state index in [1.807, 2.05) is 71.3 Å². The second-order valence-electron chi connectivity index (χ2n) is 11.1. The van der Waals surface area contributed by atoms with Crippen LogP contribution in [-0.2, 0) is 28.0 Å². The molecule has 0 saturated carbocycles. The van der Waals surface area contributed by atoms with Crippen molar-refractivity contribution in [2.45, 2.75) is 25.0 Å². The Kier molecular flexibility index (Phi) is 9.41. The van der Waals surface area contributed by atoms with E-state index in [4.69, 9.17) is 23.9 Å². The number of aromatic nitrogens is 4. The molecule has 0 aliphatic carbocycles. The number of benzene rings is 4. The van der Waals surface area contributed by atoms with Crippen molar-refractivity contribution in [2.24, 2.45) is 0 Å². The second-order valence-corrected chi connectivity index (χ2v) is 12.3. The lowest BCUT2D eigenvalue weighted by atomic mass is 9.80. The predicted octanol–water partition coefficient (Wildman–Crippen LogP) is 7.30. The molecule has 0 saturated heterocycles. The Bertz CT molecular complexity index is 1860. The molecular formula is C37H32FIN4O4. The highest BCUT2D eigenvalue weighted by Crippen LogP contribution is 2.40. The van der Waals surface area contributed by atoms with Gasteiger partial charge in [-0.1, -0.05) is 91.0 Å². The number of imidazole rings is 1. The van der Waals surface area contributed by atoms with Crippen molar-refractivity contribution < 1.29 is 23.3 Å². The summed E-state index contributed by atoms with van der Waals surface area (Å²) in [5.74, 6) is 2.17. The van der Waals surface area contributed by atoms with Crippen LogP contribution in [0.25, 0.3) is 11.2 Å². The maximum Gasteiger partial charge on any atom is 0.310 e. The molecule has 6 aromatic rings. The van der Waals surface area contributed by atoms with Crippen LogP contribution in [0, 0.1) is 9.65 Å². The van der Waals surface area contributed by atoms with E-state index >= 15 is 0 Å². The minimum Gasteiger partial charge on any atom is -0.454 e. The van der Waals surface area contributed by atoms with Crippen LogP contribution in [0.3, 0.4) is 0 Å². The first-order valence-electron chi connectivity index (χ1n) is 15.5. The van der Waals surface area contributed by atoms with E-state index in [-0.39, 0.29) is 6.79 Å². The van der Waals surface area contributed by atoms with Crippen molar-refractivity contribution in [1.82, 2.24) is 19.5 Å². The summed E-state index contributed by atoms with van der Waals surface area (Å²) in [7, 11) is 0. The number of hydrogen-bond acceptors (Lipinski definition) is 7. The number of nitrogens with zero attached hydrogens (tertiary/aromatic N) is 4. The average molecular weight is 743 g/mol. The lowest BCUT2D eigenvalue weighted by Crippen LogP contribution is -2.33. The zero-order valence-electron chi connectivity index (χ0n) is 25.5. The van der Waals surface area contributed by atoms with Gasteiger partial charge in [-0.15, -0.1) is 0 Å². The third kappa shape index (κ3) is 6.58. The van der Waals surface area contributed by atoms with Crippen molar-refractivity contribution in [2.75, 3.05) is 26.6 Å². The summed E-state index contributed by atoms with van der Waals surface area (Å²) in [5.41, 5.74) is 4.40. The van der Waals surface area contributed by atoms with E-state index in [2.05, 4.69) is 69.0 Å². The molecule has 47 heavy (non-hydrogen) atoms. The number of halogens is 2. The molecule has 10 heteroatoms. The molecule has 2 aromatic heterocycles. The molecule has 0 bridgehead atoms. The van der Waals surface area contributed by atoms with Crippen LogP contribution in [0.2, 0.25) is 0 Å². The van der Waals surface area contributed by atoms with Crippen LogP contribution < -0.4 is 9.47 Å². The average Bonchev–Trinajstić information content (AvgIpc) is 3.70. The Labute approximate surface area is 285 Å². The monoisotopic (exact) mass is 742 g/mol. The van der Waals surface area contributed by atoms with Crippen LogP contribution >= 0.6 is 22.6 Å². The van der Waals surface area contributed by atoms with Crippen molar-refractivity contribution in [3.8, 4) is 11.5 Å². The third-order valence-electron chi connectivity index (χ3n) is 8.18. The predicted molar refractivity (Wildman–Crippen MR) is 184 cm³/mol. The van der Waals surface area contributed by atoms with Gasteiger partial charge in [0.25, 0.3) is 0 Å². The lowest BCUT2D eigenvalue weighted by molar-refractivity contribution is -0.000972. The number of fused-ring (bicyclic) bond motifs is 2. The largest absolute Gasteiger partial charge is 0.454 e. The number of ether oxygens (including phenoxy) is 4. The molecule has 1 aliphatic heterocycles. The van der Waals surface area contributed by atoms with Crippen molar-refractivity contribution in [1.29, 1.82) is 0 Å². The molecular weight excluding hydrogens is 710 g/mol. The first-order chi connectivity index (χ1) is 23.1. The molecule has 7 rings (SSSR count). The summed E-state index contributed by atoms with van der Waals surface area (Å²) in [6.45, 7) is 2.00. The van der Waals surface area contributed by atoms with Gasteiger partial charge in [0, 0.05) is 23.1 Å². The van der Waals surface area contributed by atoms with Crippen LogP contribution in [0.1, 0.15) is 34.5 Å². The summed E-state index contributed by atoms with van der Waals surface area (Å²) in [5, 5.41) is 0. The number of rotatable bonds is 13. The minimum absolute atomic E-state index is 0.205. The minimum atomic E-state index is -0.792. The highest BCUT2D eigenvalue weighted by atomic mass is 127. The van der Waals surface area contributed by atoms with Crippen LogP contribution in [0.15, 0.2) is 109 Å². The molecule has 1 aliphatic rings. The van der Waals surface area contributed by atoms with Crippen molar-refractivity contribution in [3.05, 3.63) is 147 Å². The van der Waals surface area contributed by atoms with Gasteiger partial charge >= 0.3 is 6.08 Å².